The van der Waals surface area contributed by atoms with E-state index in [-0.39, 0.29) is 4.90 Å². The third-order valence-electron chi connectivity index (χ3n) is 2.35. The van der Waals surface area contributed by atoms with Crippen LogP contribution < -0.4 is 10.0 Å². The maximum Gasteiger partial charge on any atom is 0.405 e. The highest BCUT2D eigenvalue weighted by molar-refractivity contribution is 7.89. The number of carbonyl (C=O) groups excluding carboxylic acids is 1. The highest BCUT2D eigenvalue weighted by Gasteiger charge is 2.27. The summed E-state index contributed by atoms with van der Waals surface area (Å²) in [5, 5.41) is 1.68. The van der Waals surface area contributed by atoms with Crippen LogP contribution >= 0.6 is 0 Å². The van der Waals surface area contributed by atoms with Gasteiger partial charge in [-0.25, -0.2) is 13.1 Å². The number of sulfonamides is 1. The summed E-state index contributed by atoms with van der Waals surface area (Å²) in [5.41, 5.74) is 0.479. The van der Waals surface area contributed by atoms with Gasteiger partial charge in [-0.05, 0) is 30.8 Å². The third-order valence-corrected chi connectivity index (χ3v) is 3.78. The van der Waals surface area contributed by atoms with Gasteiger partial charge in [-0.2, -0.15) is 13.2 Å². The molecule has 0 aliphatic rings. The molecule has 0 heterocycles. The number of alkyl halides is 3. The van der Waals surface area contributed by atoms with Gasteiger partial charge >= 0.3 is 6.18 Å². The number of rotatable bonds is 5. The molecule has 0 radical (unpaired) electrons. The average molecular weight is 322 g/mol. The van der Waals surface area contributed by atoms with E-state index in [0.717, 1.165) is 6.08 Å². The Balaban J connectivity index is 2.68. The molecule has 0 spiro atoms. The smallest absolute Gasteiger partial charge is 0.343 e. The molecule has 1 aromatic rings. The molecule has 0 saturated heterocycles. The molecule has 9 heteroatoms. The lowest BCUT2D eigenvalue weighted by molar-refractivity contribution is -0.135. The molecule has 0 aromatic heterocycles. The van der Waals surface area contributed by atoms with Gasteiger partial charge in [-0.1, -0.05) is 12.1 Å². The average Bonchev–Trinajstić information content (AvgIpc) is 2.42. The number of nitrogens with one attached hydrogen (secondary N) is 2. The molecule has 1 amide bonds. The Labute approximate surface area is 119 Å². The summed E-state index contributed by atoms with van der Waals surface area (Å²) < 4.78 is 60.7. The molecular weight excluding hydrogens is 309 g/mol. The van der Waals surface area contributed by atoms with Gasteiger partial charge in [0.05, 0.1) is 4.90 Å². The minimum absolute atomic E-state index is 0.0451. The molecule has 1 rings (SSSR count). The Bertz CT molecular complexity index is 622. The van der Waals surface area contributed by atoms with E-state index in [4.69, 9.17) is 0 Å². The molecule has 0 atom stereocenters. The van der Waals surface area contributed by atoms with Crippen molar-refractivity contribution in [2.75, 3.05) is 13.6 Å². The lowest BCUT2D eigenvalue weighted by atomic mass is 10.2. The number of hydrogen-bond donors (Lipinski definition) is 2. The van der Waals surface area contributed by atoms with Crippen molar-refractivity contribution in [3.8, 4) is 0 Å². The van der Waals surface area contributed by atoms with E-state index >= 15 is 0 Å². The van der Waals surface area contributed by atoms with E-state index in [1.165, 1.54) is 37.4 Å². The fourth-order valence-electron chi connectivity index (χ4n) is 1.29. The highest BCUT2D eigenvalue weighted by Crippen LogP contribution is 2.13. The monoisotopic (exact) mass is 322 g/mol. The van der Waals surface area contributed by atoms with E-state index in [2.05, 4.69) is 4.72 Å². The number of halogens is 3. The summed E-state index contributed by atoms with van der Waals surface area (Å²) in [6, 6.07) is 5.49. The van der Waals surface area contributed by atoms with Crippen LogP contribution in [0.5, 0.6) is 0 Å². The molecule has 1 aromatic carbocycles. The summed E-state index contributed by atoms with van der Waals surface area (Å²) in [7, 11) is -2.28. The maximum atomic E-state index is 11.9. The van der Waals surface area contributed by atoms with Gasteiger partial charge in [0.1, 0.15) is 6.54 Å². The lowest BCUT2D eigenvalue weighted by Crippen LogP contribution is -2.32. The second-order valence-electron chi connectivity index (χ2n) is 3.94. The van der Waals surface area contributed by atoms with E-state index < -0.39 is 28.7 Å². The molecule has 0 aliphatic heterocycles. The Kier molecular flexibility index (Phi) is 5.50. The maximum absolute atomic E-state index is 11.9. The van der Waals surface area contributed by atoms with E-state index in [0.29, 0.717) is 5.56 Å². The first-order chi connectivity index (χ1) is 9.64. The SMILES string of the molecule is CNS(=O)(=O)c1ccc(/C=C/C(=O)NCC(F)(F)F)cc1. The lowest BCUT2D eigenvalue weighted by Gasteiger charge is -2.05. The first-order valence-electron chi connectivity index (χ1n) is 5.70. The minimum Gasteiger partial charge on any atom is -0.343 e. The third kappa shape index (κ3) is 5.96. The van der Waals surface area contributed by atoms with Crippen molar-refractivity contribution in [3.63, 3.8) is 0 Å². The normalized spacial score (nSPS) is 12.6. The molecule has 2 N–H and O–H groups in total. The van der Waals surface area contributed by atoms with Crippen molar-refractivity contribution in [2.24, 2.45) is 0 Å². The molecule has 0 fully saturated rings. The van der Waals surface area contributed by atoms with Crippen molar-refractivity contribution in [1.82, 2.24) is 10.0 Å². The quantitative estimate of drug-likeness (QED) is 0.802. The fourth-order valence-corrected chi connectivity index (χ4v) is 2.02. The number of amides is 1. The topological polar surface area (TPSA) is 75.3 Å². The Morgan fingerprint density at radius 3 is 2.29 bits per heavy atom. The summed E-state index contributed by atoms with van der Waals surface area (Å²) in [6.07, 6.45) is -2.25. The summed E-state index contributed by atoms with van der Waals surface area (Å²) in [4.78, 5) is 11.2. The molecular formula is C12H13F3N2O3S. The van der Waals surface area contributed by atoms with Gasteiger partial charge in [-0.15, -0.1) is 0 Å². The highest BCUT2D eigenvalue weighted by atomic mass is 32.2. The van der Waals surface area contributed by atoms with Crippen molar-refractivity contribution in [1.29, 1.82) is 0 Å². The van der Waals surface area contributed by atoms with Crippen LogP contribution in [0.1, 0.15) is 5.56 Å². The summed E-state index contributed by atoms with van der Waals surface area (Å²) >= 11 is 0. The van der Waals surface area contributed by atoms with Gasteiger partial charge in [0.15, 0.2) is 0 Å². The van der Waals surface area contributed by atoms with Gasteiger partial charge in [0.2, 0.25) is 15.9 Å². The zero-order valence-electron chi connectivity index (χ0n) is 10.9. The second-order valence-corrected chi connectivity index (χ2v) is 5.83. The number of carbonyl (C=O) groups is 1. The van der Waals surface area contributed by atoms with Crippen LogP contribution in [0, 0.1) is 0 Å². The summed E-state index contributed by atoms with van der Waals surface area (Å²) in [5.74, 6) is -0.890. The molecule has 0 unspecified atom stereocenters. The first-order valence-corrected chi connectivity index (χ1v) is 7.18. The minimum atomic E-state index is -4.47. The van der Waals surface area contributed by atoms with Crippen LogP contribution in [-0.4, -0.2) is 34.1 Å². The zero-order valence-corrected chi connectivity index (χ0v) is 11.8. The standard InChI is InChI=1S/C12H13F3N2O3S/c1-16-21(19,20)10-5-2-9(3-6-10)4-7-11(18)17-8-12(13,14)15/h2-7,16H,8H2,1H3,(H,17,18)/b7-4+. The van der Waals surface area contributed by atoms with E-state index in [1.54, 1.807) is 5.32 Å². The van der Waals surface area contributed by atoms with Crippen LogP contribution in [-0.2, 0) is 14.8 Å². The van der Waals surface area contributed by atoms with Crippen molar-refractivity contribution in [2.45, 2.75) is 11.1 Å². The molecule has 0 aliphatic carbocycles. The van der Waals surface area contributed by atoms with Crippen LogP contribution in [0.25, 0.3) is 6.08 Å². The second kappa shape index (κ2) is 6.72. The molecule has 5 nitrogen and oxygen atoms in total. The first kappa shape index (κ1) is 17.2. The fraction of sp³-hybridized carbons (Fsp3) is 0.250. The van der Waals surface area contributed by atoms with Crippen molar-refractivity contribution >= 4 is 22.0 Å². The van der Waals surface area contributed by atoms with E-state index in [1.807, 2.05) is 0 Å². The Hall–Kier alpha value is -1.87. The van der Waals surface area contributed by atoms with Crippen LogP contribution in [0.15, 0.2) is 35.2 Å². The van der Waals surface area contributed by atoms with Gasteiger partial charge in [0.25, 0.3) is 0 Å². The number of hydrogen-bond acceptors (Lipinski definition) is 3. The zero-order chi connectivity index (χ0) is 16.1. The predicted molar refractivity (Wildman–Crippen MR) is 70.8 cm³/mol. The van der Waals surface area contributed by atoms with Crippen LogP contribution in [0.3, 0.4) is 0 Å². The van der Waals surface area contributed by atoms with Gasteiger partial charge < -0.3 is 5.32 Å². The van der Waals surface area contributed by atoms with Gasteiger partial charge in [-0.3, -0.25) is 4.79 Å². The Morgan fingerprint density at radius 2 is 1.81 bits per heavy atom. The van der Waals surface area contributed by atoms with Crippen LogP contribution in [0.4, 0.5) is 13.2 Å². The summed E-state index contributed by atoms with van der Waals surface area (Å²) in [6.45, 7) is -1.41. The van der Waals surface area contributed by atoms with Crippen LogP contribution in [0.2, 0.25) is 0 Å². The Morgan fingerprint density at radius 1 is 1.24 bits per heavy atom. The van der Waals surface area contributed by atoms with Crippen molar-refractivity contribution in [3.05, 3.63) is 35.9 Å². The largest absolute Gasteiger partial charge is 0.405 e. The number of benzene rings is 1. The molecule has 0 saturated carbocycles. The van der Waals surface area contributed by atoms with Crippen molar-refractivity contribution < 1.29 is 26.4 Å². The van der Waals surface area contributed by atoms with Gasteiger partial charge in [0, 0.05) is 6.08 Å². The predicted octanol–water partition coefficient (Wildman–Crippen LogP) is 1.29. The van der Waals surface area contributed by atoms with E-state index in [9.17, 15) is 26.4 Å². The molecule has 21 heavy (non-hydrogen) atoms. The molecule has 0 bridgehead atoms. The molecule has 116 valence electrons.